The number of nitrogens with one attached hydrogen (secondary N) is 3. The van der Waals surface area contributed by atoms with Gasteiger partial charge in [0.2, 0.25) is 15.9 Å². The average Bonchev–Trinajstić information content (AvgIpc) is 2.66. The molecule has 0 fully saturated rings. The quantitative estimate of drug-likeness (QED) is 0.643. The average molecular weight is 373 g/mol. The summed E-state index contributed by atoms with van der Waals surface area (Å²) in [6.45, 7) is 2.35. The minimum absolute atomic E-state index is 0.0710. The second-order valence-electron chi connectivity index (χ2n) is 6.25. The molecule has 3 rings (SSSR count). The van der Waals surface area contributed by atoms with Crippen LogP contribution in [0.2, 0.25) is 0 Å². The fourth-order valence-corrected chi connectivity index (χ4v) is 3.91. The van der Waals surface area contributed by atoms with Gasteiger partial charge in [-0.3, -0.25) is 4.79 Å². The molecule has 1 aliphatic rings. The first-order valence-corrected chi connectivity index (χ1v) is 10.2. The molecule has 1 amide bonds. The maximum Gasteiger partial charge on any atom is 0.240 e. The molecule has 0 atom stereocenters. The molecule has 0 bridgehead atoms. The lowest BCUT2D eigenvalue weighted by atomic mass is 10.1. The first kappa shape index (κ1) is 18.6. The minimum Gasteiger partial charge on any atom is -0.352 e. The zero-order valence-corrected chi connectivity index (χ0v) is 15.3. The molecule has 7 heteroatoms. The molecule has 0 radical (unpaired) electrons. The van der Waals surface area contributed by atoms with Crippen molar-refractivity contribution in [2.45, 2.75) is 17.7 Å². The summed E-state index contributed by atoms with van der Waals surface area (Å²) in [6, 6.07) is 12.6. The van der Waals surface area contributed by atoms with Gasteiger partial charge in [-0.15, -0.1) is 0 Å². The van der Waals surface area contributed by atoms with E-state index in [9.17, 15) is 13.2 Å². The Hall–Kier alpha value is -2.22. The smallest absolute Gasteiger partial charge is 0.240 e. The van der Waals surface area contributed by atoms with Crippen LogP contribution in [-0.2, 0) is 14.8 Å². The molecule has 6 nitrogen and oxygen atoms in total. The highest BCUT2D eigenvalue weighted by molar-refractivity contribution is 7.89. The summed E-state index contributed by atoms with van der Waals surface area (Å²) in [5, 5.41) is 7.90. The molecular weight excluding hydrogens is 350 g/mol. The van der Waals surface area contributed by atoms with E-state index < -0.39 is 10.0 Å². The molecule has 0 aliphatic carbocycles. The first-order valence-electron chi connectivity index (χ1n) is 8.68. The van der Waals surface area contributed by atoms with Crippen LogP contribution in [-0.4, -0.2) is 40.5 Å². The summed E-state index contributed by atoms with van der Waals surface area (Å²) in [4.78, 5) is 12.1. The standard InChI is InChI=1S/C19H23N3O3S/c23-19(21-14-15-7-10-20-11-8-15)9-12-22-26(24,25)18-6-5-16-3-1-2-4-17(16)13-18/h1-7,13,20,22H,8-12,14H2,(H,21,23). The van der Waals surface area contributed by atoms with Gasteiger partial charge >= 0.3 is 0 Å². The van der Waals surface area contributed by atoms with Crippen LogP contribution in [0.4, 0.5) is 0 Å². The second kappa shape index (κ2) is 8.44. The van der Waals surface area contributed by atoms with Crippen LogP contribution >= 0.6 is 0 Å². The van der Waals surface area contributed by atoms with Crippen molar-refractivity contribution in [2.24, 2.45) is 0 Å². The van der Waals surface area contributed by atoms with E-state index in [2.05, 4.69) is 21.4 Å². The first-order chi connectivity index (χ1) is 12.5. The fourth-order valence-electron chi connectivity index (χ4n) is 2.85. The second-order valence-corrected chi connectivity index (χ2v) is 8.02. The summed E-state index contributed by atoms with van der Waals surface area (Å²) >= 11 is 0. The van der Waals surface area contributed by atoms with Gasteiger partial charge in [0.15, 0.2) is 0 Å². The molecule has 0 unspecified atom stereocenters. The molecule has 26 heavy (non-hydrogen) atoms. The summed E-state index contributed by atoms with van der Waals surface area (Å²) in [5.41, 5.74) is 1.20. The number of hydrogen-bond donors (Lipinski definition) is 3. The Labute approximate surface area is 153 Å². The van der Waals surface area contributed by atoms with E-state index in [1.807, 2.05) is 24.3 Å². The summed E-state index contributed by atoms with van der Waals surface area (Å²) < 4.78 is 27.3. The van der Waals surface area contributed by atoms with Crippen molar-refractivity contribution in [1.82, 2.24) is 15.4 Å². The van der Waals surface area contributed by atoms with Gasteiger partial charge in [0, 0.05) is 26.1 Å². The zero-order chi connectivity index (χ0) is 18.4. The van der Waals surface area contributed by atoms with Crippen molar-refractivity contribution in [1.29, 1.82) is 0 Å². The summed E-state index contributed by atoms with van der Waals surface area (Å²) in [6.07, 6.45) is 3.11. The van der Waals surface area contributed by atoms with Gasteiger partial charge in [0.25, 0.3) is 0 Å². The third-order valence-corrected chi connectivity index (χ3v) is 5.80. The van der Waals surface area contributed by atoms with E-state index in [-0.39, 0.29) is 23.8 Å². The molecule has 0 saturated carbocycles. The Kier molecular flexibility index (Phi) is 6.03. The molecule has 3 N–H and O–H groups in total. The highest BCUT2D eigenvalue weighted by Gasteiger charge is 2.15. The molecule has 0 saturated heterocycles. The van der Waals surface area contributed by atoms with Crippen LogP contribution in [0.15, 0.2) is 59.0 Å². The topological polar surface area (TPSA) is 87.3 Å². The fraction of sp³-hybridized carbons (Fsp3) is 0.316. The highest BCUT2D eigenvalue weighted by Crippen LogP contribution is 2.18. The molecule has 1 heterocycles. The summed E-state index contributed by atoms with van der Waals surface area (Å²) in [7, 11) is -3.63. The van der Waals surface area contributed by atoms with Crippen molar-refractivity contribution in [3.05, 3.63) is 54.1 Å². The Morgan fingerprint density at radius 2 is 1.92 bits per heavy atom. The Morgan fingerprint density at radius 1 is 1.12 bits per heavy atom. The number of carbonyl (C=O) groups is 1. The van der Waals surface area contributed by atoms with Gasteiger partial charge in [-0.25, -0.2) is 13.1 Å². The van der Waals surface area contributed by atoms with Crippen LogP contribution in [0, 0.1) is 0 Å². The van der Waals surface area contributed by atoms with Crippen molar-refractivity contribution < 1.29 is 13.2 Å². The highest BCUT2D eigenvalue weighted by atomic mass is 32.2. The Morgan fingerprint density at radius 3 is 2.69 bits per heavy atom. The number of amides is 1. The number of sulfonamides is 1. The third kappa shape index (κ3) is 4.91. The van der Waals surface area contributed by atoms with Gasteiger partial charge in [-0.1, -0.05) is 42.0 Å². The van der Waals surface area contributed by atoms with Crippen LogP contribution < -0.4 is 15.4 Å². The van der Waals surface area contributed by atoms with Crippen LogP contribution in [0.3, 0.4) is 0 Å². The summed E-state index contributed by atoms with van der Waals surface area (Å²) in [5.74, 6) is -0.161. The number of rotatable bonds is 7. The predicted molar refractivity (Wildman–Crippen MR) is 102 cm³/mol. The lowest BCUT2D eigenvalue weighted by molar-refractivity contribution is -0.120. The van der Waals surface area contributed by atoms with Gasteiger partial charge in [0.1, 0.15) is 0 Å². The van der Waals surface area contributed by atoms with E-state index in [1.54, 1.807) is 18.2 Å². The lowest BCUT2D eigenvalue weighted by Crippen LogP contribution is -2.33. The predicted octanol–water partition coefficient (Wildman–Crippen LogP) is 1.54. The molecule has 1 aliphatic heterocycles. The number of benzene rings is 2. The SMILES string of the molecule is O=C(CCNS(=O)(=O)c1ccc2ccccc2c1)NCC1=CCNCC1. The number of fused-ring (bicyclic) bond motifs is 1. The normalized spacial score (nSPS) is 14.8. The van der Waals surface area contributed by atoms with E-state index in [0.29, 0.717) is 6.54 Å². The molecule has 2 aromatic carbocycles. The van der Waals surface area contributed by atoms with Crippen LogP contribution in [0.25, 0.3) is 10.8 Å². The maximum atomic E-state index is 12.4. The molecule has 0 aromatic heterocycles. The van der Waals surface area contributed by atoms with Crippen molar-refractivity contribution in [2.75, 3.05) is 26.2 Å². The van der Waals surface area contributed by atoms with Gasteiger partial charge < -0.3 is 10.6 Å². The van der Waals surface area contributed by atoms with E-state index in [1.165, 1.54) is 5.57 Å². The molecule has 0 spiro atoms. The zero-order valence-electron chi connectivity index (χ0n) is 14.5. The van der Waals surface area contributed by atoms with Gasteiger partial charge in [-0.2, -0.15) is 0 Å². The van der Waals surface area contributed by atoms with E-state index in [0.717, 1.165) is 30.3 Å². The van der Waals surface area contributed by atoms with E-state index >= 15 is 0 Å². The third-order valence-electron chi connectivity index (χ3n) is 4.35. The number of carbonyl (C=O) groups excluding carboxylic acids is 1. The van der Waals surface area contributed by atoms with Crippen molar-refractivity contribution in [3.63, 3.8) is 0 Å². The van der Waals surface area contributed by atoms with Gasteiger partial charge in [-0.05, 0) is 35.9 Å². The number of hydrogen-bond acceptors (Lipinski definition) is 4. The van der Waals surface area contributed by atoms with Gasteiger partial charge in [0.05, 0.1) is 4.90 Å². The van der Waals surface area contributed by atoms with Crippen LogP contribution in [0.5, 0.6) is 0 Å². The largest absolute Gasteiger partial charge is 0.352 e. The monoisotopic (exact) mass is 373 g/mol. The van der Waals surface area contributed by atoms with Crippen LogP contribution in [0.1, 0.15) is 12.8 Å². The molecule has 138 valence electrons. The molecular formula is C19H23N3O3S. The van der Waals surface area contributed by atoms with Crippen molar-refractivity contribution in [3.8, 4) is 0 Å². The molecule has 2 aromatic rings. The minimum atomic E-state index is -3.63. The van der Waals surface area contributed by atoms with Crippen molar-refractivity contribution >= 4 is 26.7 Å². The van der Waals surface area contributed by atoms with E-state index in [4.69, 9.17) is 0 Å². The maximum absolute atomic E-state index is 12.4. The Balaban J connectivity index is 1.51. The lowest BCUT2D eigenvalue weighted by Gasteiger charge is -2.14. The Bertz CT molecular complexity index is 923.